The molecular weight excluding hydrogens is 304 g/mol. The largest absolute Gasteiger partial charge is 0.380 e. The van der Waals surface area contributed by atoms with E-state index in [4.69, 9.17) is 0 Å². The van der Waals surface area contributed by atoms with Crippen molar-refractivity contribution in [1.29, 1.82) is 0 Å². The van der Waals surface area contributed by atoms with E-state index in [1.54, 1.807) is 19.2 Å². The molecule has 0 fully saturated rings. The van der Waals surface area contributed by atoms with Gasteiger partial charge in [-0.1, -0.05) is 15.9 Å². The van der Waals surface area contributed by atoms with E-state index in [9.17, 15) is 8.42 Å². The third-order valence-corrected chi connectivity index (χ3v) is 5.81. The maximum Gasteiger partial charge on any atom is 0.186 e. The smallest absolute Gasteiger partial charge is 0.186 e. The maximum atomic E-state index is 12.5. The Bertz CT molecular complexity index is 530. The normalized spacial score (nSPS) is 26.1. The van der Waals surface area contributed by atoms with Crippen LogP contribution in [0.5, 0.6) is 0 Å². The molecule has 2 N–H and O–H groups in total. The highest BCUT2D eigenvalue weighted by atomic mass is 79.9. The minimum Gasteiger partial charge on any atom is -0.380 e. The molecule has 94 valence electrons. The Kier molecular flexibility index (Phi) is 3.47. The highest BCUT2D eigenvalue weighted by molar-refractivity contribution is 9.10. The number of fused-ring (bicyclic) bond motifs is 1. The molecule has 1 aliphatic rings. The number of hydrogen-bond donors (Lipinski definition) is 2. The number of nitrogens with one attached hydrogen (secondary N) is 2. The zero-order valence-electron chi connectivity index (χ0n) is 9.70. The molecule has 4 nitrogen and oxygen atoms in total. The van der Waals surface area contributed by atoms with Crippen LogP contribution in [0.25, 0.3) is 0 Å². The third kappa shape index (κ3) is 2.21. The van der Waals surface area contributed by atoms with Crippen molar-refractivity contribution < 1.29 is 8.42 Å². The molecule has 0 radical (unpaired) electrons. The molecule has 2 rings (SSSR count). The van der Waals surface area contributed by atoms with Crippen molar-refractivity contribution in [3.05, 3.63) is 22.7 Å². The van der Waals surface area contributed by atoms with Crippen LogP contribution in [0.2, 0.25) is 0 Å². The van der Waals surface area contributed by atoms with Gasteiger partial charge in [-0.3, -0.25) is 0 Å². The first-order valence-corrected chi connectivity index (χ1v) is 7.75. The van der Waals surface area contributed by atoms with Gasteiger partial charge in [-0.25, -0.2) is 8.42 Å². The van der Waals surface area contributed by atoms with Gasteiger partial charge in [-0.05, 0) is 32.2 Å². The molecule has 2 atom stereocenters. The molecule has 1 heterocycles. The van der Waals surface area contributed by atoms with Gasteiger partial charge in [0, 0.05) is 17.1 Å². The van der Waals surface area contributed by atoms with Crippen molar-refractivity contribution in [3.8, 4) is 0 Å². The molecule has 0 amide bonds. The number of hydrogen-bond acceptors (Lipinski definition) is 4. The van der Waals surface area contributed by atoms with Gasteiger partial charge < -0.3 is 10.6 Å². The molecule has 6 heteroatoms. The lowest BCUT2D eigenvalue weighted by atomic mass is 10.2. The van der Waals surface area contributed by atoms with E-state index >= 15 is 0 Å². The minimum absolute atomic E-state index is 0.0962. The minimum atomic E-state index is -3.27. The monoisotopic (exact) mass is 318 g/mol. The van der Waals surface area contributed by atoms with Gasteiger partial charge in [0.25, 0.3) is 0 Å². The van der Waals surface area contributed by atoms with Crippen molar-refractivity contribution >= 4 is 31.5 Å². The van der Waals surface area contributed by atoms with Crippen LogP contribution in [-0.2, 0) is 9.84 Å². The van der Waals surface area contributed by atoms with Crippen molar-refractivity contribution in [2.75, 3.05) is 18.9 Å². The number of anilines is 1. The summed E-state index contributed by atoms with van der Waals surface area (Å²) in [5.74, 6) is 0. The second-order valence-electron chi connectivity index (χ2n) is 4.21. The predicted molar refractivity (Wildman–Crippen MR) is 72.1 cm³/mol. The quantitative estimate of drug-likeness (QED) is 0.870. The van der Waals surface area contributed by atoms with E-state index in [1.165, 1.54) is 0 Å². The Morgan fingerprint density at radius 1 is 1.47 bits per heavy atom. The van der Waals surface area contributed by atoms with Gasteiger partial charge in [0.05, 0.1) is 15.8 Å². The summed E-state index contributed by atoms with van der Waals surface area (Å²) in [6, 6.07) is 5.20. The molecule has 17 heavy (non-hydrogen) atoms. The second-order valence-corrected chi connectivity index (χ2v) is 7.27. The van der Waals surface area contributed by atoms with Crippen molar-refractivity contribution in [2.45, 2.75) is 23.1 Å². The zero-order valence-corrected chi connectivity index (χ0v) is 12.1. The lowest BCUT2D eigenvalue weighted by Crippen LogP contribution is -2.47. The average Bonchev–Trinajstić information content (AvgIpc) is 2.26. The van der Waals surface area contributed by atoms with Gasteiger partial charge in [-0.2, -0.15) is 0 Å². The van der Waals surface area contributed by atoms with Crippen molar-refractivity contribution in [3.63, 3.8) is 0 Å². The van der Waals surface area contributed by atoms with Crippen LogP contribution < -0.4 is 10.6 Å². The number of rotatable bonds is 2. The molecule has 0 saturated heterocycles. The molecule has 0 bridgehead atoms. The SMILES string of the molecule is CNCC1C(C)Nc2ccc(Br)cc2S1(=O)=O. The number of sulfone groups is 1. The highest BCUT2D eigenvalue weighted by Crippen LogP contribution is 2.34. The first-order valence-electron chi connectivity index (χ1n) is 5.41. The Balaban J connectivity index is 2.55. The second kappa shape index (κ2) is 4.59. The van der Waals surface area contributed by atoms with Crippen LogP contribution >= 0.6 is 15.9 Å². The molecule has 1 aliphatic heterocycles. The van der Waals surface area contributed by atoms with Crippen LogP contribution in [0.3, 0.4) is 0 Å². The molecule has 0 saturated carbocycles. The van der Waals surface area contributed by atoms with E-state index in [2.05, 4.69) is 26.6 Å². The maximum absolute atomic E-state index is 12.5. The first-order chi connectivity index (χ1) is 7.96. The van der Waals surface area contributed by atoms with Gasteiger partial charge in [0.15, 0.2) is 9.84 Å². The Hall–Kier alpha value is -0.590. The fourth-order valence-electron chi connectivity index (χ4n) is 2.11. The van der Waals surface area contributed by atoms with Crippen LogP contribution in [0.15, 0.2) is 27.6 Å². The molecule has 0 spiro atoms. The van der Waals surface area contributed by atoms with Crippen molar-refractivity contribution in [2.24, 2.45) is 0 Å². The Morgan fingerprint density at radius 2 is 2.18 bits per heavy atom. The number of halogens is 1. The Labute approximate surface area is 110 Å². The lowest BCUT2D eigenvalue weighted by molar-refractivity contribution is 0.549. The van der Waals surface area contributed by atoms with Gasteiger partial charge in [0.1, 0.15) is 0 Å². The zero-order chi connectivity index (χ0) is 12.6. The fourth-order valence-corrected chi connectivity index (χ4v) is 4.66. The topological polar surface area (TPSA) is 58.2 Å². The lowest BCUT2D eigenvalue weighted by Gasteiger charge is -2.32. The molecule has 2 unspecified atom stereocenters. The molecule has 0 aromatic heterocycles. The van der Waals surface area contributed by atoms with Crippen LogP contribution in [0, 0.1) is 0 Å². The standard InChI is InChI=1S/C11H15BrN2O2S/c1-7-11(6-13-2)17(15,16)10-5-8(12)3-4-9(10)14-7/h3-5,7,11,13-14H,6H2,1-2H3. The summed E-state index contributed by atoms with van der Waals surface area (Å²) in [7, 11) is -1.51. The molecule has 0 aliphatic carbocycles. The van der Waals surface area contributed by atoms with E-state index in [-0.39, 0.29) is 6.04 Å². The summed E-state index contributed by atoms with van der Waals surface area (Å²) in [5, 5.41) is 5.74. The molecule has 1 aromatic carbocycles. The summed E-state index contributed by atoms with van der Waals surface area (Å²) < 4.78 is 25.7. The summed E-state index contributed by atoms with van der Waals surface area (Å²) in [6.07, 6.45) is 0. The van der Waals surface area contributed by atoms with Crippen LogP contribution in [0.4, 0.5) is 5.69 Å². The van der Waals surface area contributed by atoms with E-state index < -0.39 is 15.1 Å². The third-order valence-electron chi connectivity index (χ3n) is 2.99. The van der Waals surface area contributed by atoms with Crippen LogP contribution in [0.1, 0.15) is 6.92 Å². The summed E-state index contributed by atoms with van der Waals surface area (Å²) in [6.45, 7) is 2.34. The summed E-state index contributed by atoms with van der Waals surface area (Å²) in [4.78, 5) is 0.380. The van der Waals surface area contributed by atoms with E-state index in [1.807, 2.05) is 13.0 Å². The highest BCUT2D eigenvalue weighted by Gasteiger charge is 2.38. The molecular formula is C11H15BrN2O2S. The van der Waals surface area contributed by atoms with Gasteiger partial charge >= 0.3 is 0 Å². The summed E-state index contributed by atoms with van der Waals surface area (Å²) in [5.41, 5.74) is 0.688. The number of benzene rings is 1. The van der Waals surface area contributed by atoms with Gasteiger partial charge in [0.2, 0.25) is 0 Å². The Morgan fingerprint density at radius 3 is 2.82 bits per heavy atom. The van der Waals surface area contributed by atoms with E-state index in [0.29, 0.717) is 17.1 Å². The van der Waals surface area contributed by atoms with E-state index in [0.717, 1.165) is 4.47 Å². The predicted octanol–water partition coefficient (Wildman–Crippen LogP) is 1.62. The fraction of sp³-hybridized carbons (Fsp3) is 0.455. The van der Waals surface area contributed by atoms with Crippen LogP contribution in [-0.4, -0.2) is 33.3 Å². The summed E-state index contributed by atoms with van der Waals surface area (Å²) >= 11 is 3.31. The van der Waals surface area contributed by atoms with Crippen molar-refractivity contribution in [1.82, 2.24) is 5.32 Å². The first kappa shape index (κ1) is 12.9. The average molecular weight is 319 g/mol. The molecule has 1 aromatic rings. The van der Waals surface area contributed by atoms with Gasteiger partial charge in [-0.15, -0.1) is 0 Å².